The number of nitrogens with one attached hydrogen (secondary N) is 1. The van der Waals surface area contributed by atoms with E-state index in [0.29, 0.717) is 9.60 Å². The molecule has 3 nitrogen and oxygen atoms in total. The lowest BCUT2D eigenvalue weighted by Gasteiger charge is -2.03. The maximum Gasteiger partial charge on any atom is 0.260 e. The smallest absolute Gasteiger partial charge is 0.260 e. The van der Waals surface area contributed by atoms with Crippen LogP contribution in [0.5, 0.6) is 0 Å². The van der Waals surface area contributed by atoms with Crippen LogP contribution in [0.3, 0.4) is 0 Å². The van der Waals surface area contributed by atoms with Crippen LogP contribution in [0.15, 0.2) is 52.3 Å². The number of hydrogen-bond donors (Lipinski definition) is 1. The summed E-state index contributed by atoms with van der Waals surface area (Å²) in [6.45, 7) is 0. The van der Waals surface area contributed by atoms with E-state index in [1.54, 1.807) is 6.07 Å². The van der Waals surface area contributed by atoms with E-state index >= 15 is 0 Å². The highest BCUT2D eigenvalue weighted by atomic mass is 127. The van der Waals surface area contributed by atoms with Crippen molar-refractivity contribution in [1.29, 1.82) is 0 Å². The third-order valence-corrected chi connectivity index (χ3v) is 5.01. The normalized spacial score (nSPS) is 10.6. The first-order valence-corrected chi connectivity index (χ1v) is 9.26. The molecule has 0 aliphatic carbocycles. The van der Waals surface area contributed by atoms with Crippen molar-refractivity contribution in [2.24, 2.45) is 0 Å². The van der Waals surface area contributed by atoms with E-state index in [9.17, 15) is 9.18 Å². The van der Waals surface area contributed by atoms with E-state index in [4.69, 9.17) is 0 Å². The Hall–Kier alpha value is -1.32. The van der Waals surface area contributed by atoms with Gasteiger partial charge >= 0.3 is 0 Å². The summed E-state index contributed by atoms with van der Waals surface area (Å²) in [6.07, 6.45) is 0. The van der Waals surface area contributed by atoms with Gasteiger partial charge < -0.3 is 0 Å². The van der Waals surface area contributed by atoms with Gasteiger partial charge in [0.25, 0.3) is 5.91 Å². The van der Waals surface area contributed by atoms with Crippen molar-refractivity contribution in [2.75, 3.05) is 5.32 Å². The number of halogens is 3. The van der Waals surface area contributed by atoms with Crippen LogP contribution in [-0.4, -0.2) is 10.9 Å². The van der Waals surface area contributed by atoms with E-state index in [-0.39, 0.29) is 5.56 Å². The molecule has 0 saturated carbocycles. The van der Waals surface area contributed by atoms with Gasteiger partial charge in [-0.1, -0.05) is 28.1 Å². The molecule has 0 spiro atoms. The van der Waals surface area contributed by atoms with Gasteiger partial charge in [0.15, 0.2) is 5.13 Å². The summed E-state index contributed by atoms with van der Waals surface area (Å²) in [5.74, 6) is -1.09. The average molecular weight is 503 g/mol. The molecule has 23 heavy (non-hydrogen) atoms. The first-order chi connectivity index (χ1) is 11.0. The van der Waals surface area contributed by atoms with E-state index in [1.807, 2.05) is 29.6 Å². The quantitative estimate of drug-likeness (QED) is 0.476. The first-order valence-electron chi connectivity index (χ1n) is 6.51. The molecule has 3 rings (SSSR count). The molecular weight excluding hydrogens is 494 g/mol. The third-order valence-electron chi connectivity index (χ3n) is 3.04. The second-order valence-electron chi connectivity index (χ2n) is 4.62. The lowest BCUT2D eigenvalue weighted by molar-refractivity contribution is 0.102. The van der Waals surface area contributed by atoms with Gasteiger partial charge in [-0.3, -0.25) is 10.1 Å². The Morgan fingerprint density at radius 1 is 1.22 bits per heavy atom. The highest BCUT2D eigenvalue weighted by Gasteiger charge is 2.14. The molecule has 0 aliphatic rings. The third kappa shape index (κ3) is 3.96. The molecule has 0 fully saturated rings. The molecule has 1 aromatic heterocycles. The summed E-state index contributed by atoms with van der Waals surface area (Å²) in [6, 6.07) is 12.2. The van der Waals surface area contributed by atoms with Crippen molar-refractivity contribution in [1.82, 2.24) is 4.98 Å². The minimum Gasteiger partial charge on any atom is -0.298 e. The Bertz CT molecular complexity index is 867. The predicted octanol–water partition coefficient (Wildman–Crippen LogP) is 5.57. The first kappa shape index (κ1) is 16.5. The van der Waals surface area contributed by atoms with Crippen LogP contribution in [0, 0.1) is 9.39 Å². The summed E-state index contributed by atoms with van der Waals surface area (Å²) in [4.78, 5) is 16.5. The second-order valence-corrected chi connectivity index (χ2v) is 7.64. The summed E-state index contributed by atoms with van der Waals surface area (Å²) < 4.78 is 15.5. The Labute approximate surface area is 158 Å². The molecule has 0 bridgehead atoms. The van der Waals surface area contributed by atoms with Gasteiger partial charge in [0.05, 0.1) is 11.3 Å². The minimum atomic E-state index is -0.578. The highest BCUT2D eigenvalue weighted by molar-refractivity contribution is 14.1. The number of hydrogen-bond acceptors (Lipinski definition) is 3. The molecule has 1 N–H and O–H groups in total. The molecule has 1 amide bonds. The van der Waals surface area contributed by atoms with Crippen LogP contribution < -0.4 is 5.32 Å². The lowest BCUT2D eigenvalue weighted by atomic mass is 10.2. The van der Waals surface area contributed by atoms with Gasteiger partial charge in [-0.2, -0.15) is 0 Å². The monoisotopic (exact) mass is 502 g/mol. The molecule has 116 valence electrons. The van der Waals surface area contributed by atoms with Gasteiger partial charge in [0, 0.05) is 19.0 Å². The Balaban J connectivity index is 1.78. The number of benzene rings is 2. The fourth-order valence-electron chi connectivity index (χ4n) is 1.92. The number of anilines is 1. The van der Waals surface area contributed by atoms with Crippen molar-refractivity contribution < 1.29 is 9.18 Å². The minimum absolute atomic E-state index is 0.0146. The molecule has 0 saturated heterocycles. The Kier molecular flexibility index (Phi) is 5.08. The largest absolute Gasteiger partial charge is 0.298 e. The zero-order chi connectivity index (χ0) is 16.4. The molecule has 7 heteroatoms. The van der Waals surface area contributed by atoms with Crippen molar-refractivity contribution in [2.45, 2.75) is 0 Å². The fraction of sp³-hybridized carbons (Fsp3) is 0. The van der Waals surface area contributed by atoms with Crippen LogP contribution in [0.25, 0.3) is 11.3 Å². The summed E-state index contributed by atoms with van der Waals surface area (Å²) in [7, 11) is 0. The van der Waals surface area contributed by atoms with Gasteiger partial charge in [-0.15, -0.1) is 11.3 Å². The molecule has 1 heterocycles. The standard InChI is InChI=1S/C16H9BrFIN2OS/c17-10-3-6-12(13(18)7-10)15(22)21-16-20-14(8-23-16)9-1-4-11(19)5-2-9/h1-8H,(H,20,21,22). The average Bonchev–Trinajstić information content (AvgIpc) is 2.96. The molecule has 2 aromatic carbocycles. The number of amides is 1. The van der Waals surface area contributed by atoms with E-state index in [1.165, 1.54) is 23.5 Å². The van der Waals surface area contributed by atoms with Crippen molar-refractivity contribution in [3.05, 3.63) is 67.3 Å². The fourth-order valence-corrected chi connectivity index (χ4v) is 3.33. The molecular formula is C16H9BrFIN2OS. The second kappa shape index (κ2) is 7.06. The molecule has 0 aliphatic heterocycles. The number of thiazole rings is 1. The van der Waals surface area contributed by atoms with Crippen LogP contribution in [0.4, 0.5) is 9.52 Å². The van der Waals surface area contributed by atoms with Crippen LogP contribution in [0.2, 0.25) is 0 Å². The van der Waals surface area contributed by atoms with Gasteiger partial charge in [0.1, 0.15) is 5.82 Å². The SMILES string of the molecule is O=C(Nc1nc(-c2ccc(I)cc2)cs1)c1ccc(Br)cc1F. The maximum atomic E-state index is 13.8. The van der Waals surface area contributed by atoms with Gasteiger partial charge in [-0.25, -0.2) is 9.37 Å². The summed E-state index contributed by atoms with van der Waals surface area (Å²) in [5, 5.41) is 4.92. The van der Waals surface area contributed by atoms with E-state index in [0.717, 1.165) is 14.8 Å². The Morgan fingerprint density at radius 2 is 1.96 bits per heavy atom. The maximum absolute atomic E-state index is 13.8. The van der Waals surface area contributed by atoms with Crippen LogP contribution in [-0.2, 0) is 0 Å². The van der Waals surface area contributed by atoms with E-state index in [2.05, 4.69) is 48.8 Å². The Morgan fingerprint density at radius 3 is 2.65 bits per heavy atom. The highest BCUT2D eigenvalue weighted by Crippen LogP contribution is 2.26. The number of carbonyl (C=O) groups is 1. The lowest BCUT2D eigenvalue weighted by Crippen LogP contribution is -2.13. The van der Waals surface area contributed by atoms with E-state index < -0.39 is 11.7 Å². The van der Waals surface area contributed by atoms with Crippen molar-refractivity contribution in [3.8, 4) is 11.3 Å². The summed E-state index contributed by atoms with van der Waals surface area (Å²) in [5.41, 5.74) is 1.73. The number of carbonyl (C=O) groups excluding carboxylic acids is 1. The predicted molar refractivity (Wildman–Crippen MR) is 102 cm³/mol. The van der Waals surface area contributed by atoms with Crippen molar-refractivity contribution in [3.63, 3.8) is 0 Å². The number of nitrogens with zero attached hydrogens (tertiary/aromatic N) is 1. The van der Waals surface area contributed by atoms with Crippen LogP contribution >= 0.6 is 49.9 Å². The molecule has 0 unspecified atom stereocenters. The topological polar surface area (TPSA) is 42.0 Å². The van der Waals surface area contributed by atoms with Crippen molar-refractivity contribution >= 4 is 60.9 Å². The zero-order valence-electron chi connectivity index (χ0n) is 11.5. The zero-order valence-corrected chi connectivity index (χ0v) is 16.1. The molecule has 0 atom stereocenters. The number of rotatable bonds is 3. The molecule has 0 radical (unpaired) electrons. The van der Waals surface area contributed by atoms with Crippen LogP contribution in [0.1, 0.15) is 10.4 Å². The summed E-state index contributed by atoms with van der Waals surface area (Å²) >= 11 is 6.70. The van der Waals surface area contributed by atoms with Gasteiger partial charge in [0.2, 0.25) is 0 Å². The molecule has 3 aromatic rings. The van der Waals surface area contributed by atoms with Gasteiger partial charge in [-0.05, 0) is 52.9 Å². The number of aromatic nitrogens is 1.